The Balaban J connectivity index is 2.11. The molecule has 0 aliphatic carbocycles. The molecule has 116 valence electrons. The van der Waals surface area contributed by atoms with Crippen LogP contribution in [0.3, 0.4) is 0 Å². The van der Waals surface area contributed by atoms with Gasteiger partial charge in [0.2, 0.25) is 0 Å². The Morgan fingerprint density at radius 1 is 1.39 bits per heavy atom. The number of aromatic carboxylic acids is 1. The maximum absolute atomic E-state index is 11.2. The minimum atomic E-state index is -1.09. The number of aromatic nitrogens is 3. The molecule has 23 heavy (non-hydrogen) atoms. The number of benzene rings is 1. The van der Waals surface area contributed by atoms with E-state index >= 15 is 0 Å². The first kappa shape index (κ1) is 15.1. The molecule has 1 aromatic carbocycles. The maximum atomic E-state index is 11.2. The predicted octanol–water partition coefficient (Wildman–Crippen LogP) is 1.55. The number of rotatable bonds is 4. The molecule has 5 N–H and O–H groups in total. The first-order valence-corrected chi connectivity index (χ1v) is 7.14. The lowest BCUT2D eigenvalue weighted by atomic mass is 10.1. The monoisotopic (exact) mass is 330 g/mol. The van der Waals surface area contributed by atoms with E-state index in [1.54, 1.807) is 18.2 Å². The first-order chi connectivity index (χ1) is 11.0. The number of hydrogen-bond acceptors (Lipinski definition) is 4. The van der Waals surface area contributed by atoms with Gasteiger partial charge >= 0.3 is 5.97 Å². The molecular formula is C15H13ClN5O2+. The molecule has 3 aromatic rings. The molecule has 0 saturated carbocycles. The summed E-state index contributed by atoms with van der Waals surface area (Å²) in [6.45, 7) is 0. The van der Waals surface area contributed by atoms with Crippen LogP contribution in [0.25, 0.3) is 11.2 Å². The summed E-state index contributed by atoms with van der Waals surface area (Å²) in [6, 6.07) is 5.20. The highest BCUT2D eigenvalue weighted by Gasteiger charge is 2.18. The molecular weight excluding hydrogens is 318 g/mol. The van der Waals surface area contributed by atoms with Gasteiger partial charge in [-0.15, -0.1) is 0 Å². The third-order valence-electron chi connectivity index (χ3n) is 3.46. The van der Waals surface area contributed by atoms with Crippen molar-refractivity contribution in [3.8, 4) is 0 Å². The largest absolute Gasteiger partial charge is 0.478 e. The van der Waals surface area contributed by atoms with Crippen LogP contribution in [0.2, 0.25) is 5.02 Å². The number of carbonyl (C=O) groups is 1. The third kappa shape index (κ3) is 2.67. The Bertz CT molecular complexity index is 935. The lowest BCUT2D eigenvalue weighted by Gasteiger charge is -2.07. The maximum Gasteiger partial charge on any atom is 0.339 e. The van der Waals surface area contributed by atoms with Crippen LogP contribution in [0.15, 0.2) is 30.6 Å². The lowest BCUT2D eigenvalue weighted by molar-refractivity contribution is -0.539. The molecule has 0 radical (unpaired) electrons. The fourth-order valence-corrected chi connectivity index (χ4v) is 2.49. The number of nitrogens with zero attached hydrogens (tertiary/aromatic N) is 2. The van der Waals surface area contributed by atoms with Crippen molar-refractivity contribution in [1.29, 1.82) is 5.41 Å². The van der Waals surface area contributed by atoms with Gasteiger partial charge in [0.05, 0.1) is 24.5 Å². The summed E-state index contributed by atoms with van der Waals surface area (Å²) in [5.41, 5.74) is 2.54. The fourth-order valence-electron chi connectivity index (χ4n) is 2.31. The zero-order chi connectivity index (χ0) is 16.6. The Labute approximate surface area is 135 Å². The van der Waals surface area contributed by atoms with Gasteiger partial charge in [-0.05, 0) is 12.1 Å². The van der Waals surface area contributed by atoms with Gasteiger partial charge in [-0.25, -0.2) is 14.8 Å². The predicted molar refractivity (Wildman–Crippen MR) is 85.7 cm³/mol. The molecule has 3 rings (SSSR count). The van der Waals surface area contributed by atoms with Gasteiger partial charge in [0, 0.05) is 17.3 Å². The second-order valence-electron chi connectivity index (χ2n) is 4.86. The number of halogens is 1. The molecule has 0 bridgehead atoms. The van der Waals surface area contributed by atoms with E-state index in [-0.39, 0.29) is 16.8 Å². The van der Waals surface area contributed by atoms with Crippen molar-refractivity contribution >= 4 is 40.1 Å². The second kappa shape index (κ2) is 5.79. The number of carboxylic acid groups (broad SMARTS) is 1. The number of quaternary nitrogens is 1. The summed E-state index contributed by atoms with van der Waals surface area (Å²) in [5.74, 6) is -1.09. The average Bonchev–Trinajstić information content (AvgIpc) is 2.97. The SMILES string of the molecule is C[NH2+]c1cc(Cl)ccc1C(=N)c1cnc2[nH]cc(C(=O)O)c2n1. The average molecular weight is 331 g/mol. The quantitative estimate of drug-likeness (QED) is 0.428. The number of nitrogens with two attached hydrogens (primary N) is 1. The minimum absolute atomic E-state index is 0.0283. The van der Waals surface area contributed by atoms with Crippen LogP contribution in [-0.4, -0.2) is 38.8 Å². The van der Waals surface area contributed by atoms with E-state index in [2.05, 4.69) is 15.0 Å². The van der Waals surface area contributed by atoms with E-state index in [0.29, 0.717) is 21.9 Å². The number of fused-ring (bicyclic) bond motifs is 1. The topological polar surface area (TPSA) is 119 Å². The van der Waals surface area contributed by atoms with Crippen molar-refractivity contribution in [1.82, 2.24) is 15.0 Å². The molecule has 0 saturated heterocycles. The van der Waals surface area contributed by atoms with Gasteiger partial charge in [-0.3, -0.25) is 5.41 Å². The van der Waals surface area contributed by atoms with Crippen LogP contribution >= 0.6 is 11.6 Å². The minimum Gasteiger partial charge on any atom is -0.478 e. The Morgan fingerprint density at radius 2 is 2.17 bits per heavy atom. The summed E-state index contributed by atoms with van der Waals surface area (Å²) in [7, 11) is 1.85. The van der Waals surface area contributed by atoms with Gasteiger partial charge < -0.3 is 15.4 Å². The van der Waals surface area contributed by atoms with Crippen molar-refractivity contribution < 1.29 is 15.2 Å². The molecule has 0 aliphatic heterocycles. The fraction of sp³-hybridized carbons (Fsp3) is 0.0667. The summed E-state index contributed by atoms with van der Waals surface area (Å²) >= 11 is 5.98. The normalized spacial score (nSPS) is 10.9. The van der Waals surface area contributed by atoms with Gasteiger partial charge in [0.15, 0.2) is 5.65 Å². The molecule has 0 amide bonds. The first-order valence-electron chi connectivity index (χ1n) is 6.77. The van der Waals surface area contributed by atoms with Gasteiger partial charge in [0.1, 0.15) is 22.5 Å². The Morgan fingerprint density at radius 3 is 2.87 bits per heavy atom. The van der Waals surface area contributed by atoms with Crippen LogP contribution in [0, 0.1) is 5.41 Å². The molecule has 0 atom stereocenters. The summed E-state index contributed by atoms with van der Waals surface area (Å²) in [5, 5.41) is 20.0. The molecule has 7 nitrogen and oxygen atoms in total. The molecule has 0 fully saturated rings. The van der Waals surface area contributed by atoms with Crippen molar-refractivity contribution in [2.45, 2.75) is 0 Å². The molecule has 8 heteroatoms. The highest BCUT2D eigenvalue weighted by Crippen LogP contribution is 2.21. The van der Waals surface area contributed by atoms with E-state index in [4.69, 9.17) is 22.1 Å². The summed E-state index contributed by atoms with van der Waals surface area (Å²) in [4.78, 5) is 22.4. The van der Waals surface area contributed by atoms with Crippen LogP contribution in [-0.2, 0) is 0 Å². The Kier molecular flexibility index (Phi) is 3.81. The lowest BCUT2D eigenvalue weighted by Crippen LogP contribution is -2.73. The summed E-state index contributed by atoms with van der Waals surface area (Å²) in [6.07, 6.45) is 2.79. The second-order valence-corrected chi connectivity index (χ2v) is 5.29. The van der Waals surface area contributed by atoms with Crippen molar-refractivity contribution in [3.05, 3.63) is 52.4 Å². The number of nitrogens with one attached hydrogen (secondary N) is 2. The zero-order valence-corrected chi connectivity index (χ0v) is 12.8. The van der Waals surface area contributed by atoms with Crippen molar-refractivity contribution in [2.75, 3.05) is 7.05 Å². The smallest absolute Gasteiger partial charge is 0.339 e. The van der Waals surface area contributed by atoms with E-state index in [9.17, 15) is 4.79 Å². The Hall–Kier alpha value is -2.77. The number of H-pyrrole nitrogens is 1. The van der Waals surface area contributed by atoms with E-state index < -0.39 is 5.97 Å². The zero-order valence-electron chi connectivity index (χ0n) is 12.1. The third-order valence-corrected chi connectivity index (χ3v) is 3.70. The summed E-state index contributed by atoms with van der Waals surface area (Å²) < 4.78 is 0. The highest BCUT2D eigenvalue weighted by molar-refractivity contribution is 6.31. The van der Waals surface area contributed by atoms with E-state index in [1.807, 2.05) is 12.4 Å². The molecule has 0 unspecified atom stereocenters. The number of hydrogen-bond donors (Lipinski definition) is 4. The standard InChI is InChI=1S/C15H12ClN5O2/c1-18-10-4-7(16)2-3-8(10)12(17)11-6-20-14-13(21-11)9(5-19-14)15(22)23/h2-6,17-18H,1H3,(H,19,20)(H,22,23)/p+1. The molecule has 2 aromatic heterocycles. The van der Waals surface area contributed by atoms with Crippen molar-refractivity contribution in [3.63, 3.8) is 0 Å². The number of carboxylic acids is 1. The van der Waals surface area contributed by atoms with Crippen LogP contribution in [0.5, 0.6) is 0 Å². The molecule has 0 aliphatic rings. The van der Waals surface area contributed by atoms with Gasteiger partial charge in [-0.1, -0.05) is 11.6 Å². The van der Waals surface area contributed by atoms with E-state index in [1.165, 1.54) is 12.4 Å². The van der Waals surface area contributed by atoms with E-state index in [0.717, 1.165) is 5.69 Å². The highest BCUT2D eigenvalue weighted by atomic mass is 35.5. The molecule has 0 spiro atoms. The van der Waals surface area contributed by atoms with Crippen LogP contribution in [0.4, 0.5) is 5.69 Å². The van der Waals surface area contributed by atoms with Gasteiger partial charge in [0.25, 0.3) is 0 Å². The molecule has 2 heterocycles. The number of aromatic amines is 1. The van der Waals surface area contributed by atoms with Gasteiger partial charge in [-0.2, -0.15) is 0 Å². The van der Waals surface area contributed by atoms with Crippen molar-refractivity contribution in [2.24, 2.45) is 0 Å². The van der Waals surface area contributed by atoms with Crippen LogP contribution < -0.4 is 5.32 Å². The van der Waals surface area contributed by atoms with Crippen LogP contribution in [0.1, 0.15) is 21.6 Å².